The minimum absolute atomic E-state index is 0.0822. The highest BCUT2D eigenvalue weighted by Gasteiger charge is 2.16. The molecule has 0 bridgehead atoms. The van der Waals surface area contributed by atoms with Crippen LogP contribution in [0.5, 0.6) is 11.5 Å². The number of methoxy groups -OCH3 is 1. The third kappa shape index (κ3) is 4.94. The van der Waals surface area contributed by atoms with Crippen LogP contribution in [0.15, 0.2) is 48.5 Å². The molecule has 0 spiro atoms. The van der Waals surface area contributed by atoms with Crippen molar-refractivity contribution < 1.29 is 24.0 Å². The number of nitro groups is 1. The van der Waals surface area contributed by atoms with E-state index in [0.717, 1.165) is 0 Å². The lowest BCUT2D eigenvalue weighted by molar-refractivity contribution is -0.384. The highest BCUT2D eigenvalue weighted by atomic mass is 16.6. The van der Waals surface area contributed by atoms with Crippen LogP contribution in [0.1, 0.15) is 17.3 Å². The summed E-state index contributed by atoms with van der Waals surface area (Å²) in [6.07, 6.45) is -0.923. The van der Waals surface area contributed by atoms with Gasteiger partial charge in [-0.05, 0) is 43.3 Å². The Labute approximate surface area is 149 Å². The first kappa shape index (κ1) is 18.7. The average Bonchev–Trinajstić information content (AvgIpc) is 2.66. The molecule has 0 saturated heterocycles. The molecule has 0 aliphatic rings. The standard InChI is InChI=1S/C17H17N3O6/c1-11(26-15-9-5-13(6-10-15)20(23)24)16(21)18-19-17(22)12-3-7-14(25-2)8-4-12/h3-11H,1-2H3,(H,18,21)(H,19,22). The molecule has 0 fully saturated rings. The van der Waals surface area contributed by atoms with Gasteiger partial charge >= 0.3 is 0 Å². The van der Waals surface area contributed by atoms with Gasteiger partial charge < -0.3 is 9.47 Å². The van der Waals surface area contributed by atoms with Crippen LogP contribution < -0.4 is 20.3 Å². The lowest BCUT2D eigenvalue weighted by atomic mass is 10.2. The van der Waals surface area contributed by atoms with Crippen LogP contribution in [-0.2, 0) is 4.79 Å². The maximum absolute atomic E-state index is 12.0. The fraction of sp³-hybridized carbons (Fsp3) is 0.176. The molecule has 0 saturated carbocycles. The Morgan fingerprint density at radius 3 is 2.12 bits per heavy atom. The number of nitrogens with zero attached hydrogens (tertiary/aromatic N) is 1. The Hall–Kier alpha value is -3.62. The first-order valence-electron chi connectivity index (χ1n) is 7.56. The first-order valence-corrected chi connectivity index (χ1v) is 7.56. The number of ether oxygens (including phenoxy) is 2. The smallest absolute Gasteiger partial charge is 0.279 e. The molecule has 2 rings (SSSR count). The second-order valence-electron chi connectivity index (χ2n) is 5.18. The zero-order valence-electron chi connectivity index (χ0n) is 14.1. The SMILES string of the molecule is COc1ccc(C(=O)NNC(=O)C(C)Oc2ccc([N+](=O)[O-])cc2)cc1. The molecule has 1 unspecified atom stereocenters. The molecule has 9 heteroatoms. The monoisotopic (exact) mass is 359 g/mol. The minimum Gasteiger partial charge on any atom is -0.497 e. The van der Waals surface area contributed by atoms with Crippen LogP contribution in [0.4, 0.5) is 5.69 Å². The van der Waals surface area contributed by atoms with Gasteiger partial charge in [-0.25, -0.2) is 0 Å². The van der Waals surface area contributed by atoms with Gasteiger partial charge in [0.1, 0.15) is 11.5 Å². The van der Waals surface area contributed by atoms with Crippen molar-refractivity contribution in [2.24, 2.45) is 0 Å². The molecular weight excluding hydrogens is 342 g/mol. The minimum atomic E-state index is -0.923. The summed E-state index contributed by atoms with van der Waals surface area (Å²) >= 11 is 0. The van der Waals surface area contributed by atoms with E-state index in [2.05, 4.69) is 10.9 Å². The van der Waals surface area contributed by atoms with Gasteiger partial charge in [0.25, 0.3) is 17.5 Å². The van der Waals surface area contributed by atoms with Gasteiger partial charge in [-0.1, -0.05) is 0 Å². The molecule has 26 heavy (non-hydrogen) atoms. The van der Waals surface area contributed by atoms with E-state index in [1.807, 2.05) is 0 Å². The van der Waals surface area contributed by atoms with Gasteiger partial charge in [-0.15, -0.1) is 0 Å². The second-order valence-corrected chi connectivity index (χ2v) is 5.18. The zero-order valence-corrected chi connectivity index (χ0v) is 14.1. The zero-order chi connectivity index (χ0) is 19.1. The largest absolute Gasteiger partial charge is 0.497 e. The van der Waals surface area contributed by atoms with Crippen LogP contribution in [-0.4, -0.2) is 30.0 Å². The molecule has 136 valence electrons. The van der Waals surface area contributed by atoms with E-state index in [1.54, 1.807) is 24.3 Å². The fourth-order valence-corrected chi connectivity index (χ4v) is 1.94. The van der Waals surface area contributed by atoms with Crippen molar-refractivity contribution in [3.63, 3.8) is 0 Å². The van der Waals surface area contributed by atoms with Gasteiger partial charge in [-0.3, -0.25) is 30.6 Å². The topological polar surface area (TPSA) is 120 Å². The molecule has 2 aromatic rings. The van der Waals surface area contributed by atoms with Crippen LogP contribution in [0.3, 0.4) is 0 Å². The summed E-state index contributed by atoms with van der Waals surface area (Å²) in [7, 11) is 1.52. The summed E-state index contributed by atoms with van der Waals surface area (Å²) in [5, 5.41) is 10.6. The van der Waals surface area contributed by atoms with Crippen molar-refractivity contribution in [2.75, 3.05) is 7.11 Å². The van der Waals surface area contributed by atoms with Gasteiger partial charge in [0.05, 0.1) is 12.0 Å². The van der Waals surface area contributed by atoms with Gasteiger partial charge in [0.2, 0.25) is 0 Å². The summed E-state index contributed by atoms with van der Waals surface area (Å²) < 4.78 is 10.4. The van der Waals surface area contributed by atoms with E-state index in [1.165, 1.54) is 38.3 Å². The third-order valence-electron chi connectivity index (χ3n) is 3.38. The van der Waals surface area contributed by atoms with E-state index in [4.69, 9.17) is 9.47 Å². The Morgan fingerprint density at radius 2 is 1.58 bits per heavy atom. The second kappa shape index (κ2) is 8.47. The number of benzene rings is 2. The summed E-state index contributed by atoms with van der Waals surface area (Å²) in [6.45, 7) is 1.48. The highest BCUT2D eigenvalue weighted by molar-refractivity contribution is 5.95. The summed E-state index contributed by atoms with van der Waals surface area (Å²) in [6, 6.07) is 11.7. The Morgan fingerprint density at radius 1 is 1.00 bits per heavy atom. The number of hydrogen-bond acceptors (Lipinski definition) is 6. The van der Waals surface area contributed by atoms with Crippen LogP contribution >= 0.6 is 0 Å². The van der Waals surface area contributed by atoms with Gasteiger partial charge in [-0.2, -0.15) is 0 Å². The molecule has 9 nitrogen and oxygen atoms in total. The molecule has 2 amide bonds. The Bertz CT molecular complexity index is 789. The average molecular weight is 359 g/mol. The van der Waals surface area contributed by atoms with Crippen molar-refractivity contribution in [1.82, 2.24) is 10.9 Å². The molecule has 0 aromatic heterocycles. The summed E-state index contributed by atoms with van der Waals surface area (Å²) in [5.74, 6) is -0.177. The lowest BCUT2D eigenvalue weighted by Gasteiger charge is -2.15. The number of carbonyl (C=O) groups excluding carboxylic acids is 2. The normalized spacial score (nSPS) is 11.2. The third-order valence-corrected chi connectivity index (χ3v) is 3.38. The maximum Gasteiger partial charge on any atom is 0.279 e. The summed E-state index contributed by atoms with van der Waals surface area (Å²) in [5.41, 5.74) is 4.79. The highest BCUT2D eigenvalue weighted by Crippen LogP contribution is 2.18. The molecule has 0 aliphatic heterocycles. The molecule has 0 aliphatic carbocycles. The number of nitro benzene ring substituents is 1. The van der Waals surface area contributed by atoms with Crippen LogP contribution in [0.2, 0.25) is 0 Å². The van der Waals surface area contributed by atoms with Crippen molar-refractivity contribution >= 4 is 17.5 Å². The van der Waals surface area contributed by atoms with Crippen molar-refractivity contribution in [3.8, 4) is 11.5 Å². The predicted octanol–water partition coefficient (Wildman–Crippen LogP) is 1.83. The molecule has 1 atom stereocenters. The maximum atomic E-state index is 12.0. The lowest BCUT2D eigenvalue weighted by Crippen LogP contribution is -2.47. The summed E-state index contributed by atoms with van der Waals surface area (Å²) in [4.78, 5) is 34.0. The van der Waals surface area contributed by atoms with Gasteiger partial charge in [0, 0.05) is 17.7 Å². The van der Waals surface area contributed by atoms with Gasteiger partial charge in [0.15, 0.2) is 6.10 Å². The van der Waals surface area contributed by atoms with E-state index < -0.39 is 22.8 Å². The molecular formula is C17H17N3O6. The van der Waals surface area contributed by atoms with Crippen molar-refractivity contribution in [3.05, 3.63) is 64.2 Å². The van der Waals surface area contributed by atoms with E-state index in [-0.39, 0.29) is 5.69 Å². The predicted molar refractivity (Wildman–Crippen MR) is 91.8 cm³/mol. The van der Waals surface area contributed by atoms with Crippen molar-refractivity contribution in [2.45, 2.75) is 13.0 Å². The van der Waals surface area contributed by atoms with E-state index in [0.29, 0.717) is 17.1 Å². The molecule has 0 radical (unpaired) electrons. The van der Waals surface area contributed by atoms with Crippen LogP contribution in [0, 0.1) is 10.1 Å². The number of carbonyl (C=O) groups is 2. The molecule has 2 aromatic carbocycles. The number of non-ortho nitro benzene ring substituents is 1. The number of hydrazine groups is 1. The Balaban J connectivity index is 1.85. The van der Waals surface area contributed by atoms with E-state index in [9.17, 15) is 19.7 Å². The molecule has 0 heterocycles. The quantitative estimate of drug-likeness (QED) is 0.600. The molecule has 2 N–H and O–H groups in total. The first-order chi connectivity index (χ1) is 12.4. The number of amides is 2. The Kier molecular flexibility index (Phi) is 6.10. The van der Waals surface area contributed by atoms with Crippen LogP contribution in [0.25, 0.3) is 0 Å². The number of hydrogen-bond donors (Lipinski definition) is 2. The number of nitrogens with one attached hydrogen (secondary N) is 2. The fourth-order valence-electron chi connectivity index (χ4n) is 1.94. The van der Waals surface area contributed by atoms with E-state index >= 15 is 0 Å². The van der Waals surface area contributed by atoms with Crippen molar-refractivity contribution in [1.29, 1.82) is 0 Å². The number of rotatable bonds is 6.